The molecule has 1 aromatic carbocycles. The van der Waals surface area contributed by atoms with Gasteiger partial charge in [-0.1, -0.05) is 19.1 Å². The molecule has 0 radical (unpaired) electrons. The van der Waals surface area contributed by atoms with Gasteiger partial charge < -0.3 is 14.5 Å². The average molecular weight is 287 g/mol. The van der Waals surface area contributed by atoms with Crippen LogP contribution in [0.1, 0.15) is 41.6 Å². The minimum absolute atomic E-state index is 0.471. The summed E-state index contributed by atoms with van der Waals surface area (Å²) in [6.07, 6.45) is 1.13. The van der Waals surface area contributed by atoms with Gasteiger partial charge >= 0.3 is 0 Å². The first kappa shape index (κ1) is 15.6. The van der Waals surface area contributed by atoms with E-state index >= 15 is 0 Å². The van der Waals surface area contributed by atoms with E-state index in [1.807, 2.05) is 12.1 Å². The Morgan fingerprint density at radius 3 is 2.71 bits per heavy atom. The average Bonchev–Trinajstić information content (AvgIpc) is 2.81. The highest BCUT2D eigenvalue weighted by molar-refractivity contribution is 5.38. The lowest BCUT2D eigenvalue weighted by molar-refractivity contribution is 0.263. The summed E-state index contributed by atoms with van der Waals surface area (Å²) in [6, 6.07) is 8.18. The number of hydrogen-bond donors (Lipinski definition) is 1. The topological polar surface area (TPSA) is 34.4 Å². The van der Waals surface area contributed by atoms with Crippen molar-refractivity contribution >= 4 is 0 Å². The lowest BCUT2D eigenvalue weighted by Crippen LogP contribution is -2.13. The first-order valence-corrected chi connectivity index (χ1v) is 7.59. The second-order valence-electron chi connectivity index (χ2n) is 5.48. The number of benzene rings is 1. The third-order valence-corrected chi connectivity index (χ3v) is 3.71. The standard InChI is InChI=1S/C18H25NO2/c1-5-9-19-11-18-14(3)10-16(21-18)12-20-17-8-6-7-13(2)15(17)4/h6-8,10,19H,5,9,11-12H2,1-4H3. The van der Waals surface area contributed by atoms with Crippen molar-refractivity contribution in [3.8, 4) is 5.75 Å². The molecule has 1 N–H and O–H groups in total. The number of hydrogen-bond acceptors (Lipinski definition) is 3. The maximum absolute atomic E-state index is 5.88. The molecule has 2 aromatic rings. The summed E-state index contributed by atoms with van der Waals surface area (Å²) in [7, 11) is 0. The molecule has 0 amide bonds. The maximum Gasteiger partial charge on any atom is 0.146 e. The highest BCUT2D eigenvalue weighted by Gasteiger charge is 2.09. The molecule has 114 valence electrons. The molecule has 0 unspecified atom stereocenters. The van der Waals surface area contributed by atoms with Crippen molar-refractivity contribution < 1.29 is 9.15 Å². The van der Waals surface area contributed by atoms with E-state index in [4.69, 9.17) is 9.15 Å². The van der Waals surface area contributed by atoms with Crippen LogP contribution in [0.25, 0.3) is 0 Å². The fourth-order valence-corrected chi connectivity index (χ4v) is 2.24. The molecule has 1 aromatic heterocycles. The molecule has 0 fully saturated rings. The van der Waals surface area contributed by atoms with Crippen LogP contribution in [0.3, 0.4) is 0 Å². The van der Waals surface area contributed by atoms with Crippen LogP contribution < -0.4 is 10.1 Å². The molecule has 1 heterocycles. The molecule has 3 heteroatoms. The van der Waals surface area contributed by atoms with E-state index in [1.54, 1.807) is 0 Å². The van der Waals surface area contributed by atoms with E-state index in [0.717, 1.165) is 36.8 Å². The monoisotopic (exact) mass is 287 g/mol. The normalized spacial score (nSPS) is 10.9. The zero-order valence-electron chi connectivity index (χ0n) is 13.5. The van der Waals surface area contributed by atoms with Crippen LogP contribution in [0.15, 0.2) is 28.7 Å². The SMILES string of the molecule is CCCNCc1oc(COc2cccc(C)c2C)cc1C. The second-order valence-corrected chi connectivity index (χ2v) is 5.48. The summed E-state index contributed by atoms with van der Waals surface area (Å²) in [6.45, 7) is 10.7. The molecule has 0 saturated heterocycles. The van der Waals surface area contributed by atoms with Crippen LogP contribution in [0.5, 0.6) is 5.75 Å². The van der Waals surface area contributed by atoms with Gasteiger partial charge in [0.15, 0.2) is 0 Å². The van der Waals surface area contributed by atoms with Crippen LogP contribution in [0, 0.1) is 20.8 Å². The minimum Gasteiger partial charge on any atom is -0.485 e. The highest BCUT2D eigenvalue weighted by atomic mass is 16.5. The van der Waals surface area contributed by atoms with Gasteiger partial charge in [-0.2, -0.15) is 0 Å². The third kappa shape index (κ3) is 4.11. The molecule has 2 rings (SSSR count). The largest absolute Gasteiger partial charge is 0.485 e. The lowest BCUT2D eigenvalue weighted by Gasteiger charge is -2.09. The van der Waals surface area contributed by atoms with E-state index < -0.39 is 0 Å². The maximum atomic E-state index is 5.88. The molecular weight excluding hydrogens is 262 g/mol. The quantitative estimate of drug-likeness (QED) is 0.772. The smallest absolute Gasteiger partial charge is 0.146 e. The summed E-state index contributed by atoms with van der Waals surface area (Å²) < 4.78 is 11.7. The van der Waals surface area contributed by atoms with E-state index in [1.165, 1.54) is 16.7 Å². The third-order valence-electron chi connectivity index (χ3n) is 3.71. The Labute approximate surface area is 127 Å². The Balaban J connectivity index is 1.97. The van der Waals surface area contributed by atoms with Crippen molar-refractivity contribution in [2.45, 2.75) is 47.3 Å². The predicted octanol–water partition coefficient (Wildman–Crippen LogP) is 4.28. The Morgan fingerprint density at radius 2 is 1.95 bits per heavy atom. The van der Waals surface area contributed by atoms with Crippen LogP contribution in [0.4, 0.5) is 0 Å². The second kappa shape index (κ2) is 7.32. The number of nitrogens with one attached hydrogen (secondary N) is 1. The molecular formula is C18H25NO2. The van der Waals surface area contributed by atoms with Gasteiger partial charge in [0, 0.05) is 0 Å². The van der Waals surface area contributed by atoms with Gasteiger partial charge in [0.2, 0.25) is 0 Å². The van der Waals surface area contributed by atoms with Gasteiger partial charge in [-0.05, 0) is 62.6 Å². The van der Waals surface area contributed by atoms with Crippen molar-refractivity contribution in [1.29, 1.82) is 0 Å². The molecule has 0 aliphatic heterocycles. The molecule has 0 aliphatic carbocycles. The van der Waals surface area contributed by atoms with Gasteiger partial charge in [-0.3, -0.25) is 0 Å². The zero-order valence-corrected chi connectivity index (χ0v) is 13.5. The Kier molecular flexibility index (Phi) is 5.45. The molecule has 0 atom stereocenters. The molecule has 0 saturated carbocycles. The molecule has 0 spiro atoms. The summed E-state index contributed by atoms with van der Waals surface area (Å²) in [4.78, 5) is 0. The number of aryl methyl sites for hydroxylation is 2. The number of rotatable bonds is 7. The minimum atomic E-state index is 0.471. The van der Waals surface area contributed by atoms with Crippen molar-refractivity contribution in [2.75, 3.05) is 6.54 Å². The van der Waals surface area contributed by atoms with Crippen LogP contribution in [-0.2, 0) is 13.2 Å². The van der Waals surface area contributed by atoms with Crippen LogP contribution in [0.2, 0.25) is 0 Å². The van der Waals surface area contributed by atoms with Crippen molar-refractivity contribution in [1.82, 2.24) is 5.32 Å². The molecule has 21 heavy (non-hydrogen) atoms. The van der Waals surface area contributed by atoms with Crippen molar-refractivity contribution in [3.05, 3.63) is 52.5 Å². The molecule has 0 aliphatic rings. The molecule has 3 nitrogen and oxygen atoms in total. The van der Waals surface area contributed by atoms with Crippen LogP contribution >= 0.6 is 0 Å². The number of furan rings is 1. The van der Waals surface area contributed by atoms with Crippen LogP contribution in [-0.4, -0.2) is 6.54 Å². The van der Waals surface area contributed by atoms with Crippen molar-refractivity contribution in [2.24, 2.45) is 0 Å². The predicted molar refractivity (Wildman–Crippen MR) is 85.7 cm³/mol. The number of ether oxygens (including phenoxy) is 1. The lowest BCUT2D eigenvalue weighted by atomic mass is 10.1. The first-order chi connectivity index (χ1) is 10.1. The summed E-state index contributed by atoms with van der Waals surface area (Å²) in [5, 5.41) is 3.36. The van der Waals surface area contributed by atoms with Gasteiger partial charge in [0.05, 0.1) is 6.54 Å². The van der Waals surface area contributed by atoms with Gasteiger partial charge in [-0.25, -0.2) is 0 Å². The van der Waals surface area contributed by atoms with E-state index in [9.17, 15) is 0 Å². The Morgan fingerprint density at radius 1 is 1.14 bits per heavy atom. The van der Waals surface area contributed by atoms with E-state index in [-0.39, 0.29) is 0 Å². The fraction of sp³-hybridized carbons (Fsp3) is 0.444. The highest BCUT2D eigenvalue weighted by Crippen LogP contribution is 2.23. The van der Waals surface area contributed by atoms with Gasteiger partial charge in [0.25, 0.3) is 0 Å². The first-order valence-electron chi connectivity index (χ1n) is 7.59. The molecule has 0 bridgehead atoms. The van der Waals surface area contributed by atoms with E-state index in [2.05, 4.69) is 45.1 Å². The Bertz CT molecular complexity index is 587. The fourth-order valence-electron chi connectivity index (χ4n) is 2.24. The van der Waals surface area contributed by atoms with Gasteiger partial charge in [0.1, 0.15) is 23.9 Å². The summed E-state index contributed by atoms with van der Waals surface area (Å²) in [5.41, 5.74) is 3.61. The van der Waals surface area contributed by atoms with Crippen molar-refractivity contribution in [3.63, 3.8) is 0 Å². The summed E-state index contributed by atoms with van der Waals surface area (Å²) in [5.74, 6) is 2.81. The summed E-state index contributed by atoms with van der Waals surface area (Å²) >= 11 is 0. The van der Waals surface area contributed by atoms with E-state index in [0.29, 0.717) is 6.61 Å². The van der Waals surface area contributed by atoms with Gasteiger partial charge in [-0.15, -0.1) is 0 Å². The Hall–Kier alpha value is -1.74. The zero-order chi connectivity index (χ0) is 15.2.